The van der Waals surface area contributed by atoms with Crippen molar-refractivity contribution in [2.45, 2.75) is 12.3 Å². The summed E-state index contributed by atoms with van der Waals surface area (Å²) >= 11 is 5.40. The number of non-ortho nitro benzene ring substituents is 1. The molecule has 98 valence electrons. The van der Waals surface area contributed by atoms with Gasteiger partial charge >= 0.3 is 0 Å². The van der Waals surface area contributed by atoms with Gasteiger partial charge in [0.15, 0.2) is 5.78 Å². The number of halogens is 2. The van der Waals surface area contributed by atoms with Gasteiger partial charge in [0.2, 0.25) is 0 Å². The number of benzene rings is 1. The maximum absolute atomic E-state index is 13.7. The van der Waals surface area contributed by atoms with E-state index in [0.29, 0.717) is 0 Å². The molecule has 18 heavy (non-hydrogen) atoms. The van der Waals surface area contributed by atoms with Crippen molar-refractivity contribution in [1.29, 1.82) is 0 Å². The lowest BCUT2D eigenvalue weighted by Crippen LogP contribution is -2.17. The van der Waals surface area contributed by atoms with E-state index in [1.165, 1.54) is 6.07 Å². The van der Waals surface area contributed by atoms with Crippen LogP contribution in [0, 0.1) is 15.9 Å². The summed E-state index contributed by atoms with van der Waals surface area (Å²) in [6.07, 6.45) is 0.0281. The second-order valence-corrected chi connectivity index (χ2v) is 3.89. The quantitative estimate of drug-likeness (QED) is 0.489. The summed E-state index contributed by atoms with van der Waals surface area (Å²) in [6.45, 7) is -0.302. The Hall–Kier alpha value is -1.53. The zero-order valence-electron chi connectivity index (χ0n) is 9.31. The van der Waals surface area contributed by atoms with Gasteiger partial charge < -0.3 is 5.11 Å². The molecular weight excluding hydrogens is 265 g/mol. The lowest BCUT2D eigenvalue weighted by atomic mass is 9.92. The molecule has 0 fully saturated rings. The summed E-state index contributed by atoms with van der Waals surface area (Å²) in [6, 6.07) is 3.05. The molecule has 0 heterocycles. The van der Waals surface area contributed by atoms with Crippen molar-refractivity contribution in [3.05, 3.63) is 39.7 Å². The number of ketones is 1. The van der Waals surface area contributed by atoms with Crippen LogP contribution in [0.1, 0.15) is 17.9 Å². The second-order valence-electron chi connectivity index (χ2n) is 3.63. The lowest BCUT2D eigenvalue weighted by molar-refractivity contribution is -0.385. The van der Waals surface area contributed by atoms with E-state index in [4.69, 9.17) is 16.7 Å². The Balaban J connectivity index is 3.13. The van der Waals surface area contributed by atoms with Gasteiger partial charge in [-0.3, -0.25) is 14.9 Å². The molecule has 0 aliphatic heterocycles. The molecule has 0 saturated heterocycles. The SMILES string of the molecule is O=C(CCl)[C@@H](CCO)c1ccc([N+](=O)[O-])cc1F. The van der Waals surface area contributed by atoms with E-state index in [1.54, 1.807) is 0 Å². The zero-order chi connectivity index (χ0) is 13.7. The van der Waals surface area contributed by atoms with E-state index >= 15 is 0 Å². The first-order chi connectivity index (χ1) is 8.51. The number of nitro benzene ring substituents is 1. The number of nitrogens with zero attached hydrogens (tertiary/aromatic N) is 1. The summed E-state index contributed by atoms with van der Waals surface area (Å²) in [5.74, 6) is -2.46. The third-order valence-corrected chi connectivity index (χ3v) is 2.77. The van der Waals surface area contributed by atoms with E-state index in [0.717, 1.165) is 12.1 Å². The van der Waals surface area contributed by atoms with Gasteiger partial charge in [-0.1, -0.05) is 0 Å². The first-order valence-corrected chi connectivity index (χ1v) is 5.68. The fourth-order valence-corrected chi connectivity index (χ4v) is 1.81. The van der Waals surface area contributed by atoms with Crippen molar-refractivity contribution in [3.63, 3.8) is 0 Å². The highest BCUT2D eigenvalue weighted by Crippen LogP contribution is 2.26. The maximum atomic E-state index is 13.7. The molecule has 5 nitrogen and oxygen atoms in total. The van der Waals surface area contributed by atoms with Crippen LogP contribution in [0.5, 0.6) is 0 Å². The van der Waals surface area contributed by atoms with Crippen LogP contribution < -0.4 is 0 Å². The van der Waals surface area contributed by atoms with Gasteiger partial charge in [0.25, 0.3) is 5.69 Å². The Morgan fingerprint density at radius 1 is 1.56 bits per heavy atom. The smallest absolute Gasteiger partial charge is 0.272 e. The van der Waals surface area contributed by atoms with Crippen LogP contribution in [-0.2, 0) is 4.79 Å². The minimum atomic E-state index is -0.881. The first kappa shape index (κ1) is 14.5. The van der Waals surface area contributed by atoms with Crippen LogP contribution in [-0.4, -0.2) is 28.3 Å². The number of aliphatic hydroxyl groups is 1. The van der Waals surface area contributed by atoms with Crippen molar-refractivity contribution < 1.29 is 19.2 Å². The van der Waals surface area contributed by atoms with Gasteiger partial charge in [0, 0.05) is 18.6 Å². The number of Topliss-reactive ketones (excluding diaryl/α,β-unsaturated/α-hetero) is 1. The molecule has 0 aromatic heterocycles. The van der Waals surface area contributed by atoms with Gasteiger partial charge in [-0.2, -0.15) is 0 Å². The number of carbonyl (C=O) groups is 1. The van der Waals surface area contributed by atoms with Crippen LogP contribution in [0.3, 0.4) is 0 Å². The number of rotatable bonds is 6. The average molecular weight is 276 g/mol. The van der Waals surface area contributed by atoms with Crippen molar-refractivity contribution in [2.75, 3.05) is 12.5 Å². The number of alkyl halides is 1. The first-order valence-electron chi connectivity index (χ1n) is 5.14. The number of carbonyl (C=O) groups excluding carboxylic acids is 1. The zero-order valence-corrected chi connectivity index (χ0v) is 10.1. The van der Waals surface area contributed by atoms with Crippen molar-refractivity contribution in [3.8, 4) is 0 Å². The average Bonchev–Trinajstić information content (AvgIpc) is 2.35. The van der Waals surface area contributed by atoms with E-state index in [1.807, 2.05) is 0 Å². The molecule has 0 saturated carbocycles. The lowest BCUT2D eigenvalue weighted by Gasteiger charge is -2.14. The van der Waals surface area contributed by atoms with Gasteiger partial charge in [0.1, 0.15) is 5.82 Å². The van der Waals surface area contributed by atoms with Gasteiger partial charge in [0.05, 0.1) is 16.9 Å². The molecule has 0 amide bonds. The molecule has 1 N–H and O–H groups in total. The molecule has 0 unspecified atom stereocenters. The standard InChI is InChI=1S/C11H11ClFNO4/c12-6-11(16)9(3-4-15)8-2-1-7(14(17)18)5-10(8)13/h1-2,5,9,15H,3-4,6H2/t9-/m0/s1. The Kier molecular flexibility index (Phi) is 5.18. The largest absolute Gasteiger partial charge is 0.396 e. The Bertz CT molecular complexity index is 466. The summed E-state index contributed by atoms with van der Waals surface area (Å²) in [5.41, 5.74) is -0.377. The highest BCUT2D eigenvalue weighted by Gasteiger charge is 2.23. The molecule has 1 atom stereocenters. The van der Waals surface area contributed by atoms with Crippen molar-refractivity contribution in [2.24, 2.45) is 0 Å². The molecular formula is C11H11ClFNO4. The van der Waals surface area contributed by atoms with Crippen LogP contribution in [0.2, 0.25) is 0 Å². The Morgan fingerprint density at radius 2 is 2.22 bits per heavy atom. The minimum absolute atomic E-state index is 0.0142. The number of hydrogen-bond acceptors (Lipinski definition) is 4. The van der Waals surface area contributed by atoms with Gasteiger partial charge in [-0.15, -0.1) is 11.6 Å². The van der Waals surface area contributed by atoms with Crippen LogP contribution in [0.4, 0.5) is 10.1 Å². The third-order valence-electron chi connectivity index (χ3n) is 2.51. The molecule has 0 bridgehead atoms. The molecule has 0 aliphatic rings. The summed E-state index contributed by atoms with van der Waals surface area (Å²) < 4.78 is 13.7. The molecule has 1 aromatic rings. The second kappa shape index (κ2) is 6.42. The fourth-order valence-electron chi connectivity index (χ4n) is 1.62. The highest BCUT2D eigenvalue weighted by atomic mass is 35.5. The number of aliphatic hydroxyl groups excluding tert-OH is 1. The monoisotopic (exact) mass is 275 g/mol. The fraction of sp³-hybridized carbons (Fsp3) is 0.364. The van der Waals surface area contributed by atoms with Crippen LogP contribution in [0.25, 0.3) is 0 Å². The molecule has 1 aromatic carbocycles. The summed E-state index contributed by atoms with van der Waals surface area (Å²) in [5, 5.41) is 19.3. The summed E-state index contributed by atoms with van der Waals surface area (Å²) in [4.78, 5) is 21.3. The van der Waals surface area contributed by atoms with E-state index < -0.39 is 28.1 Å². The van der Waals surface area contributed by atoms with Crippen LogP contribution in [0.15, 0.2) is 18.2 Å². The molecule has 1 rings (SSSR count). The highest BCUT2D eigenvalue weighted by molar-refractivity contribution is 6.28. The van der Waals surface area contributed by atoms with Gasteiger partial charge in [-0.25, -0.2) is 4.39 Å². The molecule has 0 spiro atoms. The normalized spacial score (nSPS) is 12.2. The molecule has 7 heteroatoms. The van der Waals surface area contributed by atoms with Crippen LogP contribution >= 0.6 is 11.6 Å². The minimum Gasteiger partial charge on any atom is -0.396 e. The Labute approximate surface area is 107 Å². The molecule has 0 radical (unpaired) electrons. The molecule has 0 aliphatic carbocycles. The predicted octanol–water partition coefficient (Wildman–Crippen LogP) is 2.01. The number of hydrogen-bond donors (Lipinski definition) is 1. The summed E-state index contributed by atoms with van der Waals surface area (Å²) in [7, 11) is 0. The number of nitro groups is 1. The van der Waals surface area contributed by atoms with E-state index in [9.17, 15) is 19.3 Å². The van der Waals surface area contributed by atoms with Crippen molar-refractivity contribution in [1.82, 2.24) is 0 Å². The van der Waals surface area contributed by atoms with E-state index in [2.05, 4.69) is 0 Å². The predicted molar refractivity (Wildman–Crippen MR) is 63.2 cm³/mol. The topological polar surface area (TPSA) is 80.4 Å². The maximum Gasteiger partial charge on any atom is 0.272 e. The third kappa shape index (κ3) is 3.24. The van der Waals surface area contributed by atoms with Crippen molar-refractivity contribution >= 4 is 23.1 Å². The Morgan fingerprint density at radius 3 is 2.67 bits per heavy atom. The van der Waals surface area contributed by atoms with Gasteiger partial charge in [-0.05, 0) is 18.1 Å². The van der Waals surface area contributed by atoms with E-state index in [-0.39, 0.29) is 24.5 Å².